The van der Waals surface area contributed by atoms with Gasteiger partial charge < -0.3 is 20.0 Å². The number of carbonyl (C=O) groups excluding carboxylic acids is 5. The summed E-state index contributed by atoms with van der Waals surface area (Å²) in [6.45, 7) is 6.84. The average molecular weight is 1280 g/mol. The molecule has 13 rings (SSSR count). The molecule has 1 aromatic carbocycles. The highest BCUT2D eigenvalue weighted by Crippen LogP contribution is 2.29. The summed E-state index contributed by atoms with van der Waals surface area (Å²) in [6.07, 6.45) is 13.5. The molecule has 2 aliphatic rings. The Morgan fingerprint density at radius 1 is 0.578 bits per heavy atom. The minimum atomic E-state index is -0.307. The summed E-state index contributed by atoms with van der Waals surface area (Å²) in [5, 5.41) is 31.9. The van der Waals surface area contributed by atoms with E-state index in [1.165, 1.54) is 62.6 Å². The maximum Gasteiger partial charge on any atom is 0.323 e. The van der Waals surface area contributed by atoms with Crippen LogP contribution in [0, 0.1) is 11.8 Å². The Bertz CT molecular complexity index is 4110. The number of tetrazole rings is 1. The summed E-state index contributed by atoms with van der Waals surface area (Å²) in [5.41, 5.74) is 8.00. The van der Waals surface area contributed by atoms with Gasteiger partial charge >= 0.3 is 6.03 Å². The van der Waals surface area contributed by atoms with Gasteiger partial charge in [0.1, 0.15) is 23.4 Å². The van der Waals surface area contributed by atoms with Crippen molar-refractivity contribution < 1.29 is 24.0 Å². The number of pyridine rings is 5. The number of anilines is 4. The van der Waals surface area contributed by atoms with Crippen molar-refractivity contribution in [1.29, 1.82) is 0 Å². The number of likely N-dealkylation sites (tertiary alicyclic amines) is 2. The van der Waals surface area contributed by atoms with E-state index in [0.717, 1.165) is 58.5 Å². The predicted molar refractivity (Wildman–Crippen MR) is 347 cm³/mol. The number of thiazole rings is 4. The number of hydrogen-bond donors (Lipinski definition) is 4. The molecule has 4 N–H and O–H groups in total. The van der Waals surface area contributed by atoms with Crippen molar-refractivity contribution in [2.45, 2.75) is 26.3 Å². The third-order valence-electron chi connectivity index (χ3n) is 13.3. The number of hydrogen-bond acceptors (Lipinski definition) is 22. The lowest BCUT2D eigenvalue weighted by Gasteiger charge is -2.42. The summed E-state index contributed by atoms with van der Waals surface area (Å²) in [6, 6.07) is 31.5. The molecule has 0 spiro atoms. The van der Waals surface area contributed by atoms with E-state index in [1.54, 1.807) is 77.3 Å². The first kappa shape index (κ1) is 62.7. The monoisotopic (exact) mass is 1280 g/mol. The number of rotatable bonds is 15. The molecular weight excluding hydrogens is 1220 g/mol. The zero-order chi connectivity index (χ0) is 62.8. The molecule has 1 atom stereocenters. The van der Waals surface area contributed by atoms with Crippen LogP contribution in [-0.2, 0) is 9.59 Å². The highest BCUT2D eigenvalue weighted by Gasteiger charge is 2.35. The smallest absolute Gasteiger partial charge is 0.323 e. The van der Waals surface area contributed by atoms with E-state index in [-0.39, 0.29) is 42.0 Å². The maximum atomic E-state index is 12.5. The molecule has 0 bridgehead atoms. The molecule has 1 unspecified atom stereocenters. The van der Waals surface area contributed by atoms with Gasteiger partial charge in [0, 0.05) is 115 Å². The Labute approximate surface area is 532 Å². The first-order valence-corrected chi connectivity index (χ1v) is 31.4. The molecule has 90 heavy (non-hydrogen) atoms. The lowest BCUT2D eigenvalue weighted by Crippen LogP contribution is -2.60. The molecule has 6 amide bonds. The van der Waals surface area contributed by atoms with Crippen LogP contribution in [-0.4, -0.2) is 156 Å². The molecule has 11 aromatic rings. The Morgan fingerprint density at radius 2 is 1.11 bits per heavy atom. The Kier molecular flexibility index (Phi) is 21.3. The van der Waals surface area contributed by atoms with Gasteiger partial charge in [-0.25, -0.2) is 29.4 Å². The van der Waals surface area contributed by atoms with E-state index in [9.17, 15) is 24.0 Å². The number of nitrogens with one attached hydrogen (secondary N) is 4. The summed E-state index contributed by atoms with van der Waals surface area (Å²) in [4.78, 5) is 105. The van der Waals surface area contributed by atoms with Crippen molar-refractivity contribution in [3.63, 3.8) is 0 Å². The number of benzene rings is 1. The molecule has 0 radical (unpaired) electrons. The quantitative estimate of drug-likeness (QED) is 0.0742. The van der Waals surface area contributed by atoms with Crippen molar-refractivity contribution in [2.24, 2.45) is 11.8 Å². The maximum absolute atomic E-state index is 12.5. The predicted octanol–water partition coefficient (Wildman–Crippen LogP) is 9.92. The van der Waals surface area contributed by atoms with Gasteiger partial charge in [-0.15, -0.1) is 50.4 Å². The first-order valence-electron chi connectivity index (χ1n) is 27.9. The normalized spacial score (nSPS) is 13.4. The summed E-state index contributed by atoms with van der Waals surface area (Å²) in [7, 11) is 4.06. The van der Waals surface area contributed by atoms with E-state index >= 15 is 0 Å². The lowest BCUT2D eigenvalue weighted by molar-refractivity contribution is -0.128. The van der Waals surface area contributed by atoms with Crippen molar-refractivity contribution >= 4 is 95.5 Å². The second kappa shape index (κ2) is 30.5. The third kappa shape index (κ3) is 17.3. The molecule has 0 aliphatic carbocycles. The van der Waals surface area contributed by atoms with Crippen LogP contribution in [0.15, 0.2) is 174 Å². The first-order chi connectivity index (χ1) is 43.8. The van der Waals surface area contributed by atoms with E-state index in [0.29, 0.717) is 62.4 Å². The number of urea groups is 1. The molecule has 0 saturated carbocycles. The number of nitrogens with zero attached hydrogens (tertiary/aromatic N) is 16. The van der Waals surface area contributed by atoms with Crippen molar-refractivity contribution in [3.8, 4) is 51.1 Å². The zero-order valence-corrected chi connectivity index (χ0v) is 52.1. The Morgan fingerprint density at radius 3 is 1.62 bits per heavy atom. The number of likely N-dealkylation sites (N-methyl/N-ethyl adjacent to an activating group) is 1. The van der Waals surface area contributed by atoms with Crippen LogP contribution >= 0.6 is 45.3 Å². The van der Waals surface area contributed by atoms with Gasteiger partial charge in [-0.2, -0.15) is 0 Å². The largest absolute Gasteiger partial charge is 0.342 e. The second-order valence-electron chi connectivity index (χ2n) is 20.5. The zero-order valence-electron chi connectivity index (χ0n) is 48.8. The van der Waals surface area contributed by atoms with Crippen molar-refractivity contribution in [3.05, 3.63) is 185 Å². The molecule has 25 nitrogen and oxygen atoms in total. The number of carbonyl (C=O) groups is 5. The summed E-state index contributed by atoms with van der Waals surface area (Å²) < 4.78 is 1.49. The molecular formula is C61H58N20O5S4. The SMILES string of the molecule is CC(C)CN1CC(C(=O)Nc2nc(-c3ccccn3)cs2)CC1=O.CN(C)C1CN(C(=O)Nc2nc(-c3cccnc3)cs2)C1.O=C(Nc1nc(-c2ccccn2)cs1)c1cccc(-n2cnnn2)c1.O=C(Nc1nc(-c2ccccn2)cs1)c1cccnc1. The van der Waals surface area contributed by atoms with Gasteiger partial charge in [0.15, 0.2) is 20.5 Å². The van der Waals surface area contributed by atoms with Crippen molar-refractivity contribution in [1.82, 2.24) is 79.8 Å². The van der Waals surface area contributed by atoms with E-state index in [4.69, 9.17) is 0 Å². The van der Waals surface area contributed by atoms with Crippen LogP contribution in [0.1, 0.15) is 41.0 Å². The summed E-state index contributed by atoms with van der Waals surface area (Å²) in [5.74, 6) is -0.473. The van der Waals surface area contributed by atoms with Crippen LogP contribution in [0.5, 0.6) is 0 Å². The van der Waals surface area contributed by atoms with Gasteiger partial charge in [0.05, 0.1) is 39.9 Å². The van der Waals surface area contributed by atoms with Crippen molar-refractivity contribution in [2.75, 3.05) is 61.5 Å². The molecule has 29 heteroatoms. The molecule has 456 valence electrons. The summed E-state index contributed by atoms with van der Waals surface area (Å²) >= 11 is 5.50. The molecule has 2 saturated heterocycles. The van der Waals surface area contributed by atoms with E-state index in [1.807, 2.05) is 108 Å². The van der Waals surface area contributed by atoms with E-state index in [2.05, 4.69) is 100 Å². The second-order valence-corrected chi connectivity index (χ2v) is 24.0. The lowest BCUT2D eigenvalue weighted by atomic mass is 10.1. The molecule has 2 aliphatic heterocycles. The Hall–Kier alpha value is -10.3. The fourth-order valence-electron chi connectivity index (χ4n) is 8.66. The van der Waals surface area contributed by atoms with Crippen LogP contribution in [0.2, 0.25) is 0 Å². The standard InChI is InChI=1S/C17H20N4O2S.C16H11N7OS.C14H17N5OS.C14H10N4OS/c1-11(2)8-21-9-12(7-15(21)22)16(23)20-17-19-14(10-24-17)13-5-3-4-6-18-13;24-15(11-4-3-5-12(8-11)23-10-18-21-22-23)20-16-19-14(9-25-16)13-6-1-2-7-17-13;1-18(2)11-7-19(8-11)14(20)17-13-16-12(9-21-13)10-4-3-5-15-6-10;19-13(10-4-3-6-15-8-10)18-14-17-12(9-20-14)11-5-1-2-7-16-11/h3-6,10-12H,7-9H2,1-2H3,(H,19,20,23);1-10H,(H,19,20,24);3-6,9,11H,7-8H2,1-2H3,(H,16,17,20);1-9H,(H,17,18,19). The Balaban J connectivity index is 0.000000133. The van der Waals surface area contributed by atoms with Crippen LogP contribution in [0.3, 0.4) is 0 Å². The van der Waals surface area contributed by atoms with Crippen LogP contribution < -0.4 is 21.3 Å². The minimum absolute atomic E-state index is 0.0529. The van der Waals surface area contributed by atoms with Gasteiger partial charge in [0.25, 0.3) is 11.8 Å². The fourth-order valence-corrected chi connectivity index (χ4v) is 11.5. The van der Waals surface area contributed by atoms with E-state index < -0.39 is 0 Å². The number of aromatic nitrogens is 13. The highest BCUT2D eigenvalue weighted by molar-refractivity contribution is 7.15. The van der Waals surface area contributed by atoms with Gasteiger partial charge in [0.2, 0.25) is 11.8 Å². The third-order valence-corrected chi connectivity index (χ3v) is 16.4. The molecule has 12 heterocycles. The molecule has 2 fully saturated rings. The number of amides is 6. The molecule has 10 aromatic heterocycles. The fraction of sp³-hybridized carbons (Fsp3) is 0.197. The highest BCUT2D eigenvalue weighted by atomic mass is 32.1. The van der Waals surface area contributed by atoms with Gasteiger partial charge in [-0.3, -0.25) is 60.0 Å². The van der Waals surface area contributed by atoms with Gasteiger partial charge in [-0.05, 0) is 109 Å². The van der Waals surface area contributed by atoms with Crippen LogP contribution in [0.4, 0.5) is 25.3 Å². The topological polar surface area (TPSA) is 303 Å². The minimum Gasteiger partial charge on any atom is -0.342 e. The average Bonchev–Trinajstić information content (AvgIpc) is 4.35. The van der Waals surface area contributed by atoms with Gasteiger partial charge in [-0.1, -0.05) is 38.1 Å². The van der Waals surface area contributed by atoms with Crippen LogP contribution in [0.25, 0.3) is 51.1 Å².